The molecule has 1 atom stereocenters. The van der Waals surface area contributed by atoms with Crippen molar-refractivity contribution in [3.63, 3.8) is 0 Å². The Morgan fingerprint density at radius 1 is 1.25 bits per heavy atom. The molecule has 0 aromatic heterocycles. The van der Waals surface area contributed by atoms with Crippen molar-refractivity contribution in [2.75, 3.05) is 6.61 Å². The third-order valence-corrected chi connectivity index (χ3v) is 2.05. The summed E-state index contributed by atoms with van der Waals surface area (Å²) in [6, 6.07) is 0. The molecule has 0 heterocycles. The van der Waals surface area contributed by atoms with Crippen LogP contribution in [0.2, 0.25) is 0 Å². The minimum absolute atomic E-state index is 0.166. The van der Waals surface area contributed by atoms with Crippen molar-refractivity contribution in [1.29, 1.82) is 0 Å². The maximum absolute atomic E-state index is 12.1. The molecule has 1 unspecified atom stereocenters. The Morgan fingerprint density at radius 3 is 2.25 bits per heavy atom. The first kappa shape index (κ1) is 15.2. The van der Waals surface area contributed by atoms with Crippen LogP contribution < -0.4 is 0 Å². The SMILES string of the molecule is CCCCCCCOC(C(=O)O)C(F)(F)F. The number of rotatable bonds is 8. The van der Waals surface area contributed by atoms with Crippen LogP contribution in [-0.2, 0) is 9.53 Å². The van der Waals surface area contributed by atoms with Gasteiger partial charge in [-0.3, -0.25) is 0 Å². The molecule has 96 valence electrons. The fourth-order valence-electron chi connectivity index (χ4n) is 1.21. The maximum Gasteiger partial charge on any atom is 0.425 e. The van der Waals surface area contributed by atoms with Gasteiger partial charge in [0.15, 0.2) is 0 Å². The average Bonchev–Trinajstić information content (AvgIpc) is 2.13. The normalized spacial score (nSPS) is 13.8. The Morgan fingerprint density at radius 2 is 1.81 bits per heavy atom. The van der Waals surface area contributed by atoms with Crippen LogP contribution in [0.4, 0.5) is 13.2 Å². The zero-order valence-electron chi connectivity index (χ0n) is 9.22. The number of alkyl halides is 3. The van der Waals surface area contributed by atoms with Crippen molar-refractivity contribution in [3.8, 4) is 0 Å². The van der Waals surface area contributed by atoms with E-state index >= 15 is 0 Å². The lowest BCUT2D eigenvalue weighted by Crippen LogP contribution is -2.39. The van der Waals surface area contributed by atoms with Crippen molar-refractivity contribution in [1.82, 2.24) is 0 Å². The molecule has 0 fully saturated rings. The molecule has 0 saturated heterocycles. The number of aliphatic carboxylic acids is 1. The van der Waals surface area contributed by atoms with Crippen molar-refractivity contribution < 1.29 is 27.8 Å². The second-order valence-electron chi connectivity index (χ2n) is 3.54. The molecule has 0 saturated carbocycles. The van der Waals surface area contributed by atoms with E-state index in [1.54, 1.807) is 0 Å². The maximum atomic E-state index is 12.1. The summed E-state index contributed by atoms with van der Waals surface area (Å²) < 4.78 is 40.6. The highest BCUT2D eigenvalue weighted by molar-refractivity contribution is 5.73. The summed E-state index contributed by atoms with van der Waals surface area (Å²) in [5.41, 5.74) is 0. The number of halogens is 3. The van der Waals surface area contributed by atoms with Gasteiger partial charge in [0.2, 0.25) is 0 Å². The van der Waals surface area contributed by atoms with Crippen LogP contribution in [-0.4, -0.2) is 30.0 Å². The monoisotopic (exact) mass is 242 g/mol. The van der Waals surface area contributed by atoms with E-state index in [9.17, 15) is 18.0 Å². The number of carbonyl (C=O) groups is 1. The molecule has 0 aliphatic rings. The lowest BCUT2D eigenvalue weighted by Gasteiger charge is -2.16. The lowest BCUT2D eigenvalue weighted by molar-refractivity contribution is -0.227. The second kappa shape index (κ2) is 7.49. The molecular weight excluding hydrogens is 225 g/mol. The van der Waals surface area contributed by atoms with Crippen LogP contribution in [0.25, 0.3) is 0 Å². The van der Waals surface area contributed by atoms with Gasteiger partial charge < -0.3 is 9.84 Å². The molecule has 0 radical (unpaired) electrons. The number of carboxylic acid groups (broad SMARTS) is 1. The van der Waals surface area contributed by atoms with Gasteiger partial charge in [0.05, 0.1) is 0 Å². The Hall–Kier alpha value is -0.780. The lowest BCUT2D eigenvalue weighted by atomic mass is 10.2. The molecule has 1 N–H and O–H groups in total. The van der Waals surface area contributed by atoms with E-state index in [2.05, 4.69) is 4.74 Å². The number of hydrogen-bond donors (Lipinski definition) is 1. The van der Waals surface area contributed by atoms with Gasteiger partial charge >= 0.3 is 12.1 Å². The van der Waals surface area contributed by atoms with Gasteiger partial charge in [0.1, 0.15) is 0 Å². The molecule has 0 amide bonds. The van der Waals surface area contributed by atoms with E-state index in [0.717, 1.165) is 25.7 Å². The molecule has 0 rings (SSSR count). The highest BCUT2D eigenvalue weighted by atomic mass is 19.4. The van der Waals surface area contributed by atoms with Crippen LogP contribution in [0.5, 0.6) is 0 Å². The molecule has 3 nitrogen and oxygen atoms in total. The summed E-state index contributed by atoms with van der Waals surface area (Å²) in [4.78, 5) is 10.3. The van der Waals surface area contributed by atoms with Crippen molar-refractivity contribution in [2.45, 2.75) is 51.3 Å². The van der Waals surface area contributed by atoms with E-state index in [0.29, 0.717) is 6.42 Å². The number of hydrogen-bond acceptors (Lipinski definition) is 2. The Kier molecular flexibility index (Phi) is 7.12. The Balaban J connectivity index is 3.75. The standard InChI is InChI=1S/C10H17F3O3/c1-2-3-4-5-6-7-16-8(9(14)15)10(11,12)13/h8H,2-7H2,1H3,(H,14,15). The van der Waals surface area contributed by atoms with Crippen LogP contribution in [0.1, 0.15) is 39.0 Å². The summed E-state index contributed by atoms with van der Waals surface area (Å²) >= 11 is 0. The van der Waals surface area contributed by atoms with E-state index in [4.69, 9.17) is 5.11 Å². The highest BCUT2D eigenvalue weighted by Crippen LogP contribution is 2.23. The summed E-state index contributed by atoms with van der Waals surface area (Å²) in [6.07, 6.45) is -3.31. The van der Waals surface area contributed by atoms with Crippen molar-refractivity contribution in [2.24, 2.45) is 0 Å². The van der Waals surface area contributed by atoms with E-state index < -0.39 is 18.2 Å². The molecule has 0 aromatic carbocycles. The van der Waals surface area contributed by atoms with E-state index in [-0.39, 0.29) is 6.61 Å². The smallest absolute Gasteiger partial charge is 0.425 e. The molecule has 0 bridgehead atoms. The molecule has 0 aliphatic carbocycles. The topological polar surface area (TPSA) is 46.5 Å². The fourth-order valence-corrected chi connectivity index (χ4v) is 1.21. The summed E-state index contributed by atoms with van der Waals surface area (Å²) in [5.74, 6) is -1.99. The zero-order valence-corrected chi connectivity index (χ0v) is 9.22. The molecule has 0 aromatic rings. The van der Waals surface area contributed by atoms with Crippen LogP contribution in [0, 0.1) is 0 Å². The predicted molar refractivity (Wildman–Crippen MR) is 52.2 cm³/mol. The van der Waals surface area contributed by atoms with E-state index in [1.807, 2.05) is 6.92 Å². The number of carboxylic acids is 1. The first-order valence-electron chi connectivity index (χ1n) is 5.30. The minimum atomic E-state index is -4.84. The third kappa shape index (κ3) is 6.66. The van der Waals surface area contributed by atoms with Gasteiger partial charge in [-0.15, -0.1) is 0 Å². The molecule has 0 spiro atoms. The second-order valence-corrected chi connectivity index (χ2v) is 3.54. The highest BCUT2D eigenvalue weighted by Gasteiger charge is 2.46. The van der Waals surface area contributed by atoms with Gasteiger partial charge in [0, 0.05) is 6.61 Å². The van der Waals surface area contributed by atoms with Gasteiger partial charge in [-0.2, -0.15) is 13.2 Å². The average molecular weight is 242 g/mol. The largest absolute Gasteiger partial charge is 0.479 e. The summed E-state index contributed by atoms with van der Waals surface area (Å²) in [6.45, 7) is 1.86. The Labute approximate surface area is 92.6 Å². The number of unbranched alkanes of at least 4 members (excludes halogenated alkanes) is 4. The quantitative estimate of drug-likeness (QED) is 0.665. The van der Waals surface area contributed by atoms with Gasteiger partial charge in [-0.25, -0.2) is 4.79 Å². The number of ether oxygens (including phenoxy) is 1. The van der Waals surface area contributed by atoms with Gasteiger partial charge in [-0.1, -0.05) is 32.6 Å². The van der Waals surface area contributed by atoms with Crippen molar-refractivity contribution in [3.05, 3.63) is 0 Å². The molecule has 16 heavy (non-hydrogen) atoms. The van der Waals surface area contributed by atoms with Crippen LogP contribution in [0.15, 0.2) is 0 Å². The minimum Gasteiger partial charge on any atom is -0.479 e. The zero-order chi connectivity index (χ0) is 12.6. The molecule has 6 heteroatoms. The first-order chi connectivity index (χ1) is 7.39. The first-order valence-corrected chi connectivity index (χ1v) is 5.30. The van der Waals surface area contributed by atoms with Gasteiger partial charge in [0.25, 0.3) is 6.10 Å². The van der Waals surface area contributed by atoms with Gasteiger partial charge in [-0.05, 0) is 6.42 Å². The fraction of sp³-hybridized carbons (Fsp3) is 0.900. The summed E-state index contributed by atoms with van der Waals surface area (Å²) in [5, 5.41) is 8.30. The van der Waals surface area contributed by atoms with Crippen LogP contribution >= 0.6 is 0 Å². The molecule has 0 aliphatic heterocycles. The Bertz CT molecular complexity index is 204. The van der Waals surface area contributed by atoms with Crippen molar-refractivity contribution >= 4 is 5.97 Å². The third-order valence-electron chi connectivity index (χ3n) is 2.05. The predicted octanol–water partition coefficient (Wildman–Crippen LogP) is 2.99. The van der Waals surface area contributed by atoms with Crippen LogP contribution in [0.3, 0.4) is 0 Å². The van der Waals surface area contributed by atoms with E-state index in [1.165, 1.54) is 0 Å². The molecular formula is C10H17F3O3. The summed E-state index contributed by atoms with van der Waals surface area (Å²) in [7, 11) is 0.